The van der Waals surface area contributed by atoms with Gasteiger partial charge in [0.2, 0.25) is 0 Å². The molecule has 0 aliphatic carbocycles. The van der Waals surface area contributed by atoms with E-state index in [1.54, 1.807) is 17.4 Å². The van der Waals surface area contributed by atoms with Gasteiger partial charge < -0.3 is 4.74 Å². The van der Waals surface area contributed by atoms with Gasteiger partial charge in [-0.05, 0) is 49.6 Å². The maximum atomic E-state index is 12.8. The number of fused-ring (bicyclic) bond motifs is 2. The van der Waals surface area contributed by atoms with E-state index in [1.165, 1.54) is 0 Å². The van der Waals surface area contributed by atoms with E-state index in [0.717, 1.165) is 20.5 Å². The Bertz CT molecular complexity index is 1110. The van der Waals surface area contributed by atoms with Crippen LogP contribution in [0.5, 0.6) is 5.75 Å². The highest BCUT2D eigenvalue weighted by Crippen LogP contribution is 2.33. The van der Waals surface area contributed by atoms with Gasteiger partial charge in [-0.1, -0.05) is 12.1 Å². The van der Waals surface area contributed by atoms with Gasteiger partial charge in [0.25, 0.3) is 10.1 Å². The number of ether oxygens (including phenoxy) is 1. The van der Waals surface area contributed by atoms with Crippen LogP contribution in [0.15, 0.2) is 35.1 Å². The molecule has 1 N–H and O–H groups in total. The first-order chi connectivity index (χ1) is 11.8. The molecular weight excluding hydrogens is 360 g/mol. The summed E-state index contributed by atoms with van der Waals surface area (Å²) in [5, 5.41) is 1.29. The van der Waals surface area contributed by atoms with Crippen molar-refractivity contribution < 1.29 is 17.7 Å². The van der Waals surface area contributed by atoms with Gasteiger partial charge in [-0.25, -0.2) is 0 Å². The Morgan fingerprint density at radius 2 is 1.84 bits per heavy atom. The summed E-state index contributed by atoms with van der Waals surface area (Å²) in [5.74, 6) is 0.220. The van der Waals surface area contributed by atoms with E-state index in [-0.39, 0.29) is 24.2 Å². The second kappa shape index (κ2) is 6.74. The van der Waals surface area contributed by atoms with E-state index in [4.69, 9.17) is 9.29 Å². The summed E-state index contributed by atoms with van der Waals surface area (Å²) in [5.41, 5.74) is 1.87. The molecule has 0 amide bonds. The van der Waals surface area contributed by atoms with Gasteiger partial charge in [-0.15, -0.1) is 11.3 Å². The van der Waals surface area contributed by atoms with Crippen molar-refractivity contribution in [1.29, 1.82) is 0 Å². The first-order valence-electron chi connectivity index (χ1n) is 7.81. The Morgan fingerprint density at radius 3 is 2.56 bits per heavy atom. The zero-order valence-corrected chi connectivity index (χ0v) is 15.5. The summed E-state index contributed by atoms with van der Waals surface area (Å²) in [4.78, 5) is 12.8. The lowest BCUT2D eigenvalue weighted by Crippen LogP contribution is -2.10. The van der Waals surface area contributed by atoms with Crippen molar-refractivity contribution in [3.63, 3.8) is 0 Å². The molecular formula is C18H18O5S2. The second-order valence-corrected chi connectivity index (χ2v) is 8.54. The topological polar surface area (TPSA) is 80.7 Å². The summed E-state index contributed by atoms with van der Waals surface area (Å²) in [6, 6.07) is 9.25. The van der Waals surface area contributed by atoms with Crippen molar-refractivity contribution in [3.05, 3.63) is 51.7 Å². The minimum absolute atomic E-state index is 0.0322. The normalized spacial score (nSPS) is 12.0. The van der Waals surface area contributed by atoms with E-state index in [0.29, 0.717) is 16.5 Å². The van der Waals surface area contributed by atoms with Crippen LogP contribution in [0.1, 0.15) is 17.5 Å². The fourth-order valence-electron chi connectivity index (χ4n) is 2.73. The Balaban J connectivity index is 2.03. The van der Waals surface area contributed by atoms with E-state index in [1.807, 2.05) is 38.1 Å². The van der Waals surface area contributed by atoms with Crippen LogP contribution >= 0.6 is 11.3 Å². The van der Waals surface area contributed by atoms with Crippen LogP contribution in [-0.4, -0.2) is 25.3 Å². The van der Waals surface area contributed by atoms with Crippen molar-refractivity contribution in [1.82, 2.24) is 0 Å². The number of rotatable bonds is 5. The van der Waals surface area contributed by atoms with Crippen molar-refractivity contribution >= 4 is 41.6 Å². The maximum Gasteiger partial charge on any atom is 0.264 e. The Morgan fingerprint density at radius 1 is 1.12 bits per heavy atom. The molecule has 0 atom stereocenters. The van der Waals surface area contributed by atoms with Gasteiger partial charge >= 0.3 is 0 Å². The van der Waals surface area contributed by atoms with Crippen molar-refractivity contribution in [2.75, 3.05) is 12.4 Å². The molecule has 5 nitrogen and oxygen atoms in total. The first kappa shape index (κ1) is 17.8. The summed E-state index contributed by atoms with van der Waals surface area (Å²) in [7, 11) is -3.99. The fraction of sp³-hybridized carbons (Fsp3) is 0.278. The van der Waals surface area contributed by atoms with Crippen molar-refractivity contribution in [3.8, 4) is 5.75 Å². The molecule has 0 saturated heterocycles. The van der Waals surface area contributed by atoms with Gasteiger partial charge in [-0.3, -0.25) is 9.35 Å². The van der Waals surface area contributed by atoms with E-state index >= 15 is 0 Å². The van der Waals surface area contributed by atoms with Gasteiger partial charge in [0.15, 0.2) is 5.43 Å². The van der Waals surface area contributed by atoms with Gasteiger partial charge in [0.1, 0.15) is 5.75 Å². The Kier molecular flexibility index (Phi) is 4.81. The molecule has 132 valence electrons. The van der Waals surface area contributed by atoms with Crippen LogP contribution in [0.4, 0.5) is 0 Å². The van der Waals surface area contributed by atoms with E-state index in [9.17, 15) is 13.2 Å². The van der Waals surface area contributed by atoms with Crippen LogP contribution in [0.3, 0.4) is 0 Å². The second-order valence-electron chi connectivity index (χ2n) is 5.92. The molecule has 3 rings (SSSR count). The molecule has 1 heterocycles. The minimum atomic E-state index is -3.99. The summed E-state index contributed by atoms with van der Waals surface area (Å²) >= 11 is 1.58. The molecule has 2 aromatic carbocycles. The lowest BCUT2D eigenvalue weighted by Gasteiger charge is -2.13. The maximum absolute atomic E-state index is 12.8. The number of hydrogen-bond acceptors (Lipinski definition) is 5. The van der Waals surface area contributed by atoms with Crippen LogP contribution in [0.2, 0.25) is 0 Å². The standard InChI is InChI=1S/C18H18O5S2/c1-11-12(2)18-14(10-15(11)23-8-5-9-25(20,21)22)17(19)13-6-3-4-7-16(13)24-18/h3-4,6-7,10H,5,8-9H2,1-2H3,(H,20,21,22). The number of hydrogen-bond donors (Lipinski definition) is 1. The predicted molar refractivity (Wildman–Crippen MR) is 102 cm³/mol. The van der Waals surface area contributed by atoms with Crippen molar-refractivity contribution in [2.24, 2.45) is 0 Å². The van der Waals surface area contributed by atoms with Crippen LogP contribution < -0.4 is 10.2 Å². The number of aryl methyl sites for hydroxylation is 1. The molecule has 0 saturated carbocycles. The lowest BCUT2D eigenvalue weighted by atomic mass is 10.1. The van der Waals surface area contributed by atoms with Crippen LogP contribution in [0.25, 0.3) is 20.2 Å². The molecule has 25 heavy (non-hydrogen) atoms. The van der Waals surface area contributed by atoms with Crippen molar-refractivity contribution in [2.45, 2.75) is 20.3 Å². The highest BCUT2D eigenvalue weighted by molar-refractivity contribution is 7.85. The summed E-state index contributed by atoms with van der Waals surface area (Å²) < 4.78 is 37.9. The third-order valence-electron chi connectivity index (χ3n) is 4.19. The van der Waals surface area contributed by atoms with Gasteiger partial charge in [-0.2, -0.15) is 8.42 Å². The number of benzene rings is 2. The average molecular weight is 378 g/mol. The largest absolute Gasteiger partial charge is 0.493 e. The third-order valence-corrected chi connectivity index (χ3v) is 6.30. The highest BCUT2D eigenvalue weighted by Gasteiger charge is 2.14. The summed E-state index contributed by atoms with van der Waals surface area (Å²) in [6.07, 6.45) is 0.180. The Labute approximate surface area is 149 Å². The van der Waals surface area contributed by atoms with E-state index < -0.39 is 10.1 Å². The quantitative estimate of drug-likeness (QED) is 0.416. The zero-order chi connectivity index (χ0) is 18.2. The fourth-order valence-corrected chi connectivity index (χ4v) is 4.42. The SMILES string of the molecule is Cc1c(OCCCS(=O)(=O)O)cc2c(=O)c3ccccc3sc2c1C. The molecule has 0 spiro atoms. The molecule has 1 aromatic heterocycles. The predicted octanol–water partition coefficient (Wildman–Crippen LogP) is 3.69. The van der Waals surface area contributed by atoms with Crippen LogP contribution in [-0.2, 0) is 10.1 Å². The monoisotopic (exact) mass is 378 g/mol. The Hall–Kier alpha value is -1.96. The average Bonchev–Trinajstić information content (AvgIpc) is 2.56. The molecule has 0 bridgehead atoms. The zero-order valence-electron chi connectivity index (χ0n) is 13.9. The lowest BCUT2D eigenvalue weighted by molar-refractivity contribution is 0.314. The molecule has 0 fully saturated rings. The molecule has 7 heteroatoms. The molecule has 0 unspecified atom stereocenters. The van der Waals surface area contributed by atoms with Crippen LogP contribution in [0, 0.1) is 13.8 Å². The first-order valence-corrected chi connectivity index (χ1v) is 10.2. The smallest absolute Gasteiger partial charge is 0.264 e. The molecule has 0 radical (unpaired) electrons. The minimum Gasteiger partial charge on any atom is -0.493 e. The third kappa shape index (κ3) is 3.68. The molecule has 3 aromatic rings. The molecule has 0 aliphatic rings. The van der Waals surface area contributed by atoms with E-state index in [2.05, 4.69) is 0 Å². The van der Waals surface area contributed by atoms with Gasteiger partial charge in [0, 0.05) is 20.2 Å². The van der Waals surface area contributed by atoms with Gasteiger partial charge in [0.05, 0.1) is 12.4 Å². The highest BCUT2D eigenvalue weighted by atomic mass is 32.2. The summed E-state index contributed by atoms with van der Waals surface area (Å²) in [6.45, 7) is 4.02. The molecule has 0 aliphatic heterocycles.